The summed E-state index contributed by atoms with van der Waals surface area (Å²) >= 11 is 1.29. The minimum atomic E-state index is -0.890. The molecule has 0 bridgehead atoms. The number of benzene rings is 2. The summed E-state index contributed by atoms with van der Waals surface area (Å²) in [7, 11) is 1.59. The summed E-state index contributed by atoms with van der Waals surface area (Å²) in [5, 5.41) is 0.717. The van der Waals surface area contributed by atoms with E-state index in [1.54, 1.807) is 18.2 Å². The van der Waals surface area contributed by atoms with Crippen LogP contribution in [0.3, 0.4) is 0 Å². The van der Waals surface area contributed by atoms with Crippen LogP contribution in [0.4, 0.5) is 8.78 Å². The summed E-state index contributed by atoms with van der Waals surface area (Å²) in [6.45, 7) is 0.942. The monoisotopic (exact) mass is 443 g/mol. The van der Waals surface area contributed by atoms with Crippen LogP contribution in [-0.2, 0) is 0 Å². The van der Waals surface area contributed by atoms with E-state index >= 15 is 0 Å². The van der Waals surface area contributed by atoms with Crippen molar-refractivity contribution in [1.29, 1.82) is 0 Å². The van der Waals surface area contributed by atoms with E-state index in [1.807, 2.05) is 24.3 Å². The average molecular weight is 443 g/mol. The molecule has 4 rings (SSSR count). The molecule has 0 aliphatic carbocycles. The normalized spacial score (nSPS) is 13.9. The van der Waals surface area contributed by atoms with Crippen molar-refractivity contribution in [1.82, 2.24) is 14.8 Å². The van der Waals surface area contributed by atoms with Crippen LogP contribution in [0.2, 0.25) is 0 Å². The van der Waals surface area contributed by atoms with Crippen LogP contribution in [0.5, 0.6) is 5.75 Å². The number of halogens is 2. The van der Waals surface area contributed by atoms with Gasteiger partial charge in [0, 0.05) is 31.7 Å². The molecule has 1 aliphatic rings. The zero-order valence-electron chi connectivity index (χ0n) is 16.7. The van der Waals surface area contributed by atoms with Crippen LogP contribution < -0.4 is 4.74 Å². The fraction of sp³-hybridized carbons (Fsp3) is 0.227. The van der Waals surface area contributed by atoms with E-state index in [4.69, 9.17) is 4.74 Å². The Morgan fingerprint density at radius 3 is 2.10 bits per heavy atom. The maximum Gasteiger partial charge on any atom is 0.265 e. The summed E-state index contributed by atoms with van der Waals surface area (Å²) in [5.41, 5.74) is 0.320. The maximum absolute atomic E-state index is 13.9. The zero-order chi connectivity index (χ0) is 22.0. The first-order chi connectivity index (χ1) is 15.0. The predicted molar refractivity (Wildman–Crippen MR) is 112 cm³/mol. The first kappa shape index (κ1) is 20.9. The van der Waals surface area contributed by atoms with Crippen LogP contribution in [0, 0.1) is 11.6 Å². The number of amides is 2. The van der Waals surface area contributed by atoms with Gasteiger partial charge in [-0.2, -0.15) is 0 Å². The van der Waals surface area contributed by atoms with Gasteiger partial charge >= 0.3 is 0 Å². The van der Waals surface area contributed by atoms with Gasteiger partial charge in [0.25, 0.3) is 11.8 Å². The Morgan fingerprint density at radius 1 is 0.935 bits per heavy atom. The van der Waals surface area contributed by atoms with E-state index in [0.717, 1.165) is 28.5 Å². The van der Waals surface area contributed by atoms with Gasteiger partial charge < -0.3 is 14.5 Å². The number of nitrogens with zero attached hydrogens (tertiary/aromatic N) is 3. The summed E-state index contributed by atoms with van der Waals surface area (Å²) in [5.74, 6) is -1.93. The number of hydrogen-bond donors (Lipinski definition) is 0. The molecule has 9 heteroatoms. The highest BCUT2D eigenvalue weighted by Gasteiger charge is 2.29. The SMILES string of the molecule is COc1ccc(-c2ncc(C(=O)N3CCN(C(=O)c4c(F)cccc4F)CC3)s2)cc1. The predicted octanol–water partition coefficient (Wildman–Crippen LogP) is 3.70. The minimum absolute atomic E-state index is 0.179. The van der Waals surface area contributed by atoms with Gasteiger partial charge in [0.15, 0.2) is 0 Å². The number of carbonyl (C=O) groups is 2. The Balaban J connectivity index is 1.40. The van der Waals surface area contributed by atoms with E-state index in [1.165, 1.54) is 22.3 Å². The quantitative estimate of drug-likeness (QED) is 0.617. The van der Waals surface area contributed by atoms with Crippen molar-refractivity contribution in [2.24, 2.45) is 0 Å². The van der Waals surface area contributed by atoms with Crippen molar-refractivity contribution < 1.29 is 23.1 Å². The standard InChI is InChI=1S/C22H19F2N3O3S/c1-30-15-7-5-14(6-8-15)20-25-13-18(31-20)21(28)26-9-11-27(12-10-26)22(29)19-16(23)3-2-4-17(19)24/h2-8,13H,9-12H2,1H3. The third kappa shape index (κ3) is 4.27. The molecule has 0 spiro atoms. The smallest absolute Gasteiger partial charge is 0.265 e. The lowest BCUT2D eigenvalue weighted by Crippen LogP contribution is -2.50. The Kier molecular flexibility index (Phi) is 5.94. The molecule has 0 N–H and O–H groups in total. The second kappa shape index (κ2) is 8.81. The van der Waals surface area contributed by atoms with E-state index in [2.05, 4.69) is 4.98 Å². The molecule has 2 amide bonds. The fourth-order valence-electron chi connectivity index (χ4n) is 3.37. The Bertz CT molecular complexity index is 1090. The summed E-state index contributed by atoms with van der Waals surface area (Å²) < 4.78 is 33.0. The maximum atomic E-state index is 13.9. The fourth-order valence-corrected chi connectivity index (χ4v) is 4.26. The molecule has 0 atom stereocenters. The molecule has 1 aliphatic heterocycles. The molecule has 31 heavy (non-hydrogen) atoms. The molecule has 2 heterocycles. The molecule has 2 aromatic carbocycles. The van der Waals surface area contributed by atoms with Gasteiger partial charge in [-0.25, -0.2) is 13.8 Å². The lowest BCUT2D eigenvalue weighted by atomic mass is 10.1. The molecular formula is C22H19F2N3O3S. The highest BCUT2D eigenvalue weighted by atomic mass is 32.1. The number of ether oxygens (including phenoxy) is 1. The van der Waals surface area contributed by atoms with E-state index in [-0.39, 0.29) is 32.1 Å². The second-order valence-electron chi connectivity index (χ2n) is 6.94. The summed E-state index contributed by atoms with van der Waals surface area (Å²) in [4.78, 5) is 33.2. The Hall–Kier alpha value is -3.33. The van der Waals surface area contributed by atoms with Gasteiger partial charge in [-0.15, -0.1) is 11.3 Å². The highest BCUT2D eigenvalue weighted by molar-refractivity contribution is 7.16. The lowest BCUT2D eigenvalue weighted by molar-refractivity contribution is 0.0532. The van der Waals surface area contributed by atoms with Crippen molar-refractivity contribution in [2.75, 3.05) is 33.3 Å². The lowest BCUT2D eigenvalue weighted by Gasteiger charge is -2.34. The Labute approximate surface area is 181 Å². The van der Waals surface area contributed by atoms with E-state index in [0.29, 0.717) is 4.88 Å². The van der Waals surface area contributed by atoms with Crippen molar-refractivity contribution in [3.05, 3.63) is 70.7 Å². The van der Waals surface area contributed by atoms with Crippen molar-refractivity contribution in [3.63, 3.8) is 0 Å². The summed E-state index contributed by atoms with van der Waals surface area (Å²) in [6.07, 6.45) is 1.54. The average Bonchev–Trinajstić information content (AvgIpc) is 3.29. The molecule has 1 aromatic heterocycles. The topological polar surface area (TPSA) is 62.7 Å². The van der Waals surface area contributed by atoms with Gasteiger partial charge in [-0.1, -0.05) is 6.07 Å². The Morgan fingerprint density at radius 2 is 1.52 bits per heavy atom. The number of hydrogen-bond acceptors (Lipinski definition) is 5. The van der Waals surface area contributed by atoms with Gasteiger partial charge in [-0.3, -0.25) is 9.59 Å². The molecule has 1 saturated heterocycles. The van der Waals surface area contributed by atoms with Gasteiger partial charge in [0.05, 0.1) is 13.3 Å². The molecule has 6 nitrogen and oxygen atoms in total. The number of thiazole rings is 1. The molecule has 160 valence electrons. The van der Waals surface area contributed by atoms with Gasteiger partial charge in [-0.05, 0) is 36.4 Å². The number of methoxy groups -OCH3 is 1. The first-order valence-electron chi connectivity index (χ1n) is 9.60. The molecular weight excluding hydrogens is 424 g/mol. The molecule has 0 unspecified atom stereocenters. The zero-order valence-corrected chi connectivity index (χ0v) is 17.5. The largest absolute Gasteiger partial charge is 0.497 e. The van der Waals surface area contributed by atoms with Gasteiger partial charge in [0.1, 0.15) is 32.8 Å². The van der Waals surface area contributed by atoms with Crippen LogP contribution in [0.15, 0.2) is 48.7 Å². The number of aromatic nitrogens is 1. The number of rotatable bonds is 4. The third-order valence-corrected chi connectivity index (χ3v) is 6.12. The molecule has 1 fully saturated rings. The van der Waals surface area contributed by atoms with E-state index in [9.17, 15) is 18.4 Å². The summed E-state index contributed by atoms with van der Waals surface area (Å²) in [6, 6.07) is 10.7. The second-order valence-corrected chi connectivity index (χ2v) is 7.97. The number of piperazine rings is 1. The molecule has 3 aromatic rings. The first-order valence-corrected chi connectivity index (χ1v) is 10.4. The highest BCUT2D eigenvalue weighted by Crippen LogP contribution is 2.28. The van der Waals surface area contributed by atoms with Gasteiger partial charge in [0.2, 0.25) is 0 Å². The third-order valence-electron chi connectivity index (χ3n) is 5.08. The van der Waals surface area contributed by atoms with Crippen LogP contribution >= 0.6 is 11.3 Å². The van der Waals surface area contributed by atoms with Crippen molar-refractivity contribution in [3.8, 4) is 16.3 Å². The van der Waals surface area contributed by atoms with Crippen LogP contribution in [0.1, 0.15) is 20.0 Å². The van der Waals surface area contributed by atoms with Crippen molar-refractivity contribution in [2.45, 2.75) is 0 Å². The molecule has 0 saturated carbocycles. The minimum Gasteiger partial charge on any atom is -0.497 e. The van der Waals surface area contributed by atoms with E-state index < -0.39 is 23.1 Å². The van der Waals surface area contributed by atoms with Crippen LogP contribution in [-0.4, -0.2) is 59.9 Å². The van der Waals surface area contributed by atoms with Crippen molar-refractivity contribution >= 4 is 23.2 Å². The number of carbonyl (C=O) groups excluding carboxylic acids is 2. The molecule has 0 radical (unpaired) electrons. The van der Waals surface area contributed by atoms with Crippen LogP contribution in [0.25, 0.3) is 10.6 Å².